The van der Waals surface area contributed by atoms with Gasteiger partial charge in [0.05, 0.1) is 10.6 Å². The summed E-state index contributed by atoms with van der Waals surface area (Å²) >= 11 is 1.98. The third-order valence-electron chi connectivity index (χ3n) is 3.91. The van der Waals surface area contributed by atoms with Crippen molar-refractivity contribution < 1.29 is 8.42 Å². The molecule has 0 radical (unpaired) electrons. The van der Waals surface area contributed by atoms with Gasteiger partial charge in [-0.2, -0.15) is 11.8 Å². The van der Waals surface area contributed by atoms with Crippen molar-refractivity contribution in [2.75, 3.05) is 38.2 Å². The van der Waals surface area contributed by atoms with Gasteiger partial charge in [0.25, 0.3) is 0 Å². The van der Waals surface area contributed by atoms with E-state index in [9.17, 15) is 8.42 Å². The van der Waals surface area contributed by atoms with Crippen LogP contribution in [0.15, 0.2) is 40.2 Å². The van der Waals surface area contributed by atoms with E-state index in [1.54, 1.807) is 31.3 Å². The Bertz CT molecular complexity index is 658. The van der Waals surface area contributed by atoms with Crippen LogP contribution in [0.25, 0.3) is 0 Å². The number of benzene rings is 1. The molecule has 1 N–H and O–H groups in total. The Morgan fingerprint density at radius 2 is 2.04 bits per heavy atom. The first kappa shape index (κ1) is 19.1. The van der Waals surface area contributed by atoms with Crippen molar-refractivity contribution in [3.63, 3.8) is 0 Å². The molecule has 1 aromatic carbocycles. The van der Waals surface area contributed by atoms with Crippen LogP contribution in [0.2, 0.25) is 0 Å². The molecule has 24 heavy (non-hydrogen) atoms. The van der Waals surface area contributed by atoms with E-state index >= 15 is 0 Å². The van der Waals surface area contributed by atoms with Crippen LogP contribution in [-0.2, 0) is 9.84 Å². The van der Waals surface area contributed by atoms with Crippen molar-refractivity contribution in [2.45, 2.75) is 29.9 Å². The van der Waals surface area contributed by atoms with Gasteiger partial charge in [-0.3, -0.25) is 4.99 Å². The lowest BCUT2D eigenvalue weighted by atomic mass is 10.2. The minimum atomic E-state index is -3.21. The smallest absolute Gasteiger partial charge is 0.193 e. The van der Waals surface area contributed by atoms with E-state index in [1.165, 1.54) is 0 Å². The fourth-order valence-corrected chi connectivity index (χ4v) is 5.18. The molecule has 1 fully saturated rings. The van der Waals surface area contributed by atoms with E-state index < -0.39 is 9.84 Å². The summed E-state index contributed by atoms with van der Waals surface area (Å²) in [5.41, 5.74) is 0. The van der Waals surface area contributed by atoms with Gasteiger partial charge in [0.1, 0.15) is 0 Å². The Kier molecular flexibility index (Phi) is 6.57. The molecule has 5 nitrogen and oxygen atoms in total. The molecule has 0 spiro atoms. The van der Waals surface area contributed by atoms with E-state index in [0.29, 0.717) is 17.9 Å². The zero-order valence-electron chi connectivity index (χ0n) is 14.7. The molecule has 0 aromatic heterocycles. The van der Waals surface area contributed by atoms with Crippen LogP contribution in [0, 0.1) is 0 Å². The average Bonchev–Trinajstić information content (AvgIpc) is 2.55. The Balaban J connectivity index is 1.82. The van der Waals surface area contributed by atoms with Crippen molar-refractivity contribution >= 4 is 27.6 Å². The summed E-state index contributed by atoms with van der Waals surface area (Å²) in [5.74, 6) is 2.08. The quantitative estimate of drug-likeness (QED) is 0.490. The minimum Gasteiger partial charge on any atom is -0.356 e. The maximum absolute atomic E-state index is 12.3. The number of aliphatic imine (C=N–C) groups is 1. The van der Waals surface area contributed by atoms with E-state index in [2.05, 4.69) is 29.1 Å². The maximum Gasteiger partial charge on any atom is 0.193 e. The van der Waals surface area contributed by atoms with Crippen LogP contribution < -0.4 is 5.32 Å². The van der Waals surface area contributed by atoms with Crippen LogP contribution >= 0.6 is 11.8 Å². The van der Waals surface area contributed by atoms with Crippen LogP contribution in [0.4, 0.5) is 0 Å². The number of thioether (sulfide) groups is 1. The second kappa shape index (κ2) is 8.25. The highest BCUT2D eigenvalue weighted by Crippen LogP contribution is 2.29. The number of nitrogens with zero attached hydrogens (tertiary/aromatic N) is 2. The number of guanidine groups is 1. The van der Waals surface area contributed by atoms with Gasteiger partial charge >= 0.3 is 0 Å². The lowest BCUT2D eigenvalue weighted by Gasteiger charge is -2.39. The summed E-state index contributed by atoms with van der Waals surface area (Å²) < 4.78 is 24.7. The normalized spacial score (nSPS) is 18.5. The first-order valence-electron chi connectivity index (χ1n) is 8.21. The van der Waals surface area contributed by atoms with E-state index in [1.807, 2.05) is 17.8 Å². The Morgan fingerprint density at radius 3 is 2.67 bits per heavy atom. The lowest BCUT2D eigenvalue weighted by Crippen LogP contribution is -2.51. The van der Waals surface area contributed by atoms with Crippen molar-refractivity contribution in [1.82, 2.24) is 10.2 Å². The van der Waals surface area contributed by atoms with E-state index in [4.69, 9.17) is 0 Å². The molecule has 0 unspecified atom stereocenters. The van der Waals surface area contributed by atoms with Crippen LogP contribution in [0.1, 0.15) is 20.3 Å². The Labute approximate surface area is 149 Å². The molecule has 134 valence electrons. The first-order valence-corrected chi connectivity index (χ1v) is 10.9. The molecule has 0 aliphatic carbocycles. The molecule has 1 saturated heterocycles. The van der Waals surface area contributed by atoms with Gasteiger partial charge in [-0.25, -0.2) is 8.42 Å². The zero-order valence-corrected chi connectivity index (χ0v) is 16.3. The summed E-state index contributed by atoms with van der Waals surface area (Å²) in [6.45, 7) is 6.99. The highest BCUT2D eigenvalue weighted by atomic mass is 32.2. The molecule has 1 aliphatic heterocycles. The highest BCUT2D eigenvalue weighted by Gasteiger charge is 2.28. The summed E-state index contributed by atoms with van der Waals surface area (Å²) in [7, 11) is -1.43. The topological polar surface area (TPSA) is 61.8 Å². The second-order valence-corrected chi connectivity index (χ2v) is 10.4. The number of hydrogen-bond donors (Lipinski definition) is 1. The van der Waals surface area contributed by atoms with Gasteiger partial charge in [-0.15, -0.1) is 0 Å². The molecule has 7 heteroatoms. The fraction of sp³-hybridized carbons (Fsp3) is 0.588. The fourth-order valence-electron chi connectivity index (χ4n) is 2.74. The SMILES string of the molecule is CN=C(NCCCS(=O)(=O)c1ccccc1)N1CCSC(C)(C)C1. The lowest BCUT2D eigenvalue weighted by molar-refractivity contribution is 0.376. The molecule has 1 aliphatic rings. The molecule has 0 bridgehead atoms. The van der Waals surface area contributed by atoms with Crippen LogP contribution in [0.5, 0.6) is 0 Å². The highest BCUT2D eigenvalue weighted by molar-refractivity contribution is 8.00. The predicted molar refractivity (Wildman–Crippen MR) is 103 cm³/mol. The predicted octanol–water partition coefficient (Wildman–Crippen LogP) is 2.25. The molecule has 2 rings (SSSR count). The van der Waals surface area contributed by atoms with Crippen molar-refractivity contribution in [2.24, 2.45) is 4.99 Å². The van der Waals surface area contributed by atoms with Crippen molar-refractivity contribution in [3.8, 4) is 0 Å². The summed E-state index contributed by atoms with van der Waals surface area (Å²) in [6, 6.07) is 8.62. The number of rotatable bonds is 5. The van der Waals surface area contributed by atoms with Gasteiger partial charge in [0.2, 0.25) is 0 Å². The summed E-state index contributed by atoms with van der Waals surface area (Å²) in [6.07, 6.45) is 0.558. The largest absolute Gasteiger partial charge is 0.356 e. The van der Waals surface area contributed by atoms with Crippen LogP contribution in [0.3, 0.4) is 0 Å². The zero-order chi connectivity index (χ0) is 17.6. The van der Waals surface area contributed by atoms with Gasteiger partial charge in [0.15, 0.2) is 15.8 Å². The van der Waals surface area contributed by atoms with E-state index in [0.717, 1.165) is 24.8 Å². The molecule has 0 atom stereocenters. The number of nitrogens with one attached hydrogen (secondary N) is 1. The number of sulfone groups is 1. The molecule has 0 amide bonds. The minimum absolute atomic E-state index is 0.141. The van der Waals surface area contributed by atoms with E-state index in [-0.39, 0.29) is 10.5 Å². The standard InChI is InChI=1S/C17H27N3O2S2/c1-17(2)14-20(11-12-23-17)16(18-3)19-10-7-13-24(21,22)15-8-5-4-6-9-15/h4-6,8-9H,7,10-14H2,1-3H3,(H,18,19). The second-order valence-electron chi connectivity index (χ2n) is 6.49. The monoisotopic (exact) mass is 369 g/mol. The van der Waals surface area contributed by atoms with Gasteiger partial charge in [-0.05, 0) is 32.4 Å². The average molecular weight is 370 g/mol. The molecular formula is C17H27N3O2S2. The van der Waals surface area contributed by atoms with Gasteiger partial charge in [-0.1, -0.05) is 18.2 Å². The molecule has 0 saturated carbocycles. The summed E-state index contributed by atoms with van der Waals surface area (Å²) in [4.78, 5) is 6.99. The van der Waals surface area contributed by atoms with Gasteiger partial charge < -0.3 is 10.2 Å². The van der Waals surface area contributed by atoms with Gasteiger partial charge in [0, 0.05) is 37.2 Å². The Morgan fingerprint density at radius 1 is 1.33 bits per heavy atom. The van der Waals surface area contributed by atoms with Crippen molar-refractivity contribution in [3.05, 3.63) is 30.3 Å². The number of hydrogen-bond acceptors (Lipinski definition) is 4. The van der Waals surface area contributed by atoms with Crippen LogP contribution in [-0.4, -0.2) is 62.2 Å². The Hall–Kier alpha value is -1.21. The first-order chi connectivity index (χ1) is 11.3. The molecular weight excluding hydrogens is 342 g/mol. The third kappa shape index (κ3) is 5.41. The maximum atomic E-state index is 12.3. The van der Waals surface area contributed by atoms with Crippen molar-refractivity contribution in [1.29, 1.82) is 0 Å². The third-order valence-corrected chi connectivity index (χ3v) is 7.03. The molecule has 1 heterocycles. The summed E-state index contributed by atoms with van der Waals surface area (Å²) in [5, 5.41) is 3.30. The molecule has 1 aromatic rings.